The van der Waals surface area contributed by atoms with Crippen molar-refractivity contribution in [3.63, 3.8) is 0 Å². The Hall–Kier alpha value is -1.91. The molecule has 0 bridgehead atoms. The van der Waals surface area contributed by atoms with E-state index >= 15 is 0 Å². The summed E-state index contributed by atoms with van der Waals surface area (Å²) in [6.45, 7) is 4.94. The molecule has 19 heavy (non-hydrogen) atoms. The summed E-state index contributed by atoms with van der Waals surface area (Å²) in [5.74, 6) is -1.98. The summed E-state index contributed by atoms with van der Waals surface area (Å²) in [4.78, 5) is 22.4. The number of benzene rings is 1. The zero-order valence-electron chi connectivity index (χ0n) is 11.2. The van der Waals surface area contributed by atoms with E-state index in [1.807, 2.05) is 6.92 Å². The van der Waals surface area contributed by atoms with Gasteiger partial charge in [-0.3, -0.25) is 4.79 Å². The van der Waals surface area contributed by atoms with E-state index in [0.29, 0.717) is 0 Å². The first-order chi connectivity index (χ1) is 8.93. The Bertz CT molecular complexity index is 471. The molecule has 0 aliphatic rings. The van der Waals surface area contributed by atoms with E-state index in [9.17, 15) is 14.0 Å². The molecule has 0 aliphatic heterocycles. The fourth-order valence-electron chi connectivity index (χ4n) is 1.60. The summed E-state index contributed by atoms with van der Waals surface area (Å²) >= 11 is 0. The first-order valence-corrected chi connectivity index (χ1v) is 6.13. The van der Waals surface area contributed by atoms with E-state index in [-0.39, 0.29) is 17.4 Å². The Morgan fingerprint density at radius 1 is 1.37 bits per heavy atom. The lowest BCUT2D eigenvalue weighted by atomic mass is 10.2. The molecule has 0 spiro atoms. The zero-order valence-corrected chi connectivity index (χ0v) is 11.2. The van der Waals surface area contributed by atoms with Gasteiger partial charge in [-0.15, -0.1) is 0 Å². The van der Waals surface area contributed by atoms with Crippen LogP contribution in [0, 0.1) is 5.82 Å². The quantitative estimate of drug-likeness (QED) is 0.608. The Morgan fingerprint density at radius 2 is 2.05 bits per heavy atom. The van der Waals surface area contributed by atoms with Crippen molar-refractivity contribution in [1.82, 2.24) is 0 Å². The van der Waals surface area contributed by atoms with Crippen molar-refractivity contribution in [3.05, 3.63) is 29.6 Å². The molecule has 0 radical (unpaired) electrons. The molecule has 0 heterocycles. The van der Waals surface area contributed by atoms with Crippen molar-refractivity contribution in [2.45, 2.75) is 39.7 Å². The van der Waals surface area contributed by atoms with E-state index in [1.165, 1.54) is 19.1 Å². The third kappa shape index (κ3) is 4.69. The Labute approximate surface area is 111 Å². The molecule has 0 saturated carbocycles. The molecule has 0 fully saturated rings. The van der Waals surface area contributed by atoms with Gasteiger partial charge >= 0.3 is 11.9 Å². The second-order valence-corrected chi connectivity index (χ2v) is 4.24. The van der Waals surface area contributed by atoms with Crippen LogP contribution in [0.2, 0.25) is 0 Å². The molecule has 0 aliphatic carbocycles. The van der Waals surface area contributed by atoms with Crippen LogP contribution in [0.3, 0.4) is 0 Å². The Kier molecular flexibility index (Phi) is 5.48. The molecule has 1 aromatic rings. The number of ether oxygens (including phenoxy) is 2. The fraction of sp³-hybridized carbons (Fsp3) is 0.429. The fourth-order valence-corrected chi connectivity index (χ4v) is 1.60. The number of carbonyl (C=O) groups is 2. The van der Waals surface area contributed by atoms with Crippen LogP contribution in [0.5, 0.6) is 5.75 Å². The minimum atomic E-state index is -0.771. The van der Waals surface area contributed by atoms with Gasteiger partial charge in [-0.25, -0.2) is 9.18 Å². The highest BCUT2D eigenvalue weighted by Crippen LogP contribution is 2.18. The maximum absolute atomic E-state index is 13.7. The molecular formula is C14H17FO4. The SMILES string of the molecule is CCCC(C)OC(=O)c1ccc(OC(C)=O)cc1F. The van der Waals surface area contributed by atoms with Crippen molar-refractivity contribution in [2.75, 3.05) is 0 Å². The highest BCUT2D eigenvalue weighted by molar-refractivity contribution is 5.90. The summed E-state index contributed by atoms with van der Waals surface area (Å²) in [5.41, 5.74) is -0.168. The van der Waals surface area contributed by atoms with Crippen LogP contribution in [-0.4, -0.2) is 18.0 Å². The normalized spacial score (nSPS) is 11.8. The number of hydrogen-bond donors (Lipinski definition) is 0. The maximum Gasteiger partial charge on any atom is 0.341 e. The van der Waals surface area contributed by atoms with Gasteiger partial charge in [-0.2, -0.15) is 0 Å². The molecule has 0 amide bonds. The Balaban J connectivity index is 2.78. The molecule has 4 nitrogen and oxygen atoms in total. The standard InChI is InChI=1S/C14H17FO4/c1-4-5-9(2)18-14(17)12-7-6-11(8-13(12)15)19-10(3)16/h6-9H,4-5H2,1-3H3. The van der Waals surface area contributed by atoms with Gasteiger partial charge in [0.2, 0.25) is 0 Å². The first-order valence-electron chi connectivity index (χ1n) is 6.13. The van der Waals surface area contributed by atoms with Crippen molar-refractivity contribution < 1.29 is 23.5 Å². The number of hydrogen-bond acceptors (Lipinski definition) is 4. The first kappa shape index (κ1) is 15.1. The monoisotopic (exact) mass is 268 g/mol. The summed E-state index contributed by atoms with van der Waals surface area (Å²) in [6, 6.07) is 3.59. The van der Waals surface area contributed by atoms with Crippen LogP contribution < -0.4 is 4.74 Å². The van der Waals surface area contributed by atoms with E-state index in [0.717, 1.165) is 18.9 Å². The van der Waals surface area contributed by atoms with Crippen molar-refractivity contribution >= 4 is 11.9 Å². The zero-order chi connectivity index (χ0) is 14.4. The molecule has 1 rings (SSSR count). The second-order valence-electron chi connectivity index (χ2n) is 4.24. The summed E-state index contributed by atoms with van der Waals surface area (Å²) in [7, 11) is 0. The smallest absolute Gasteiger partial charge is 0.341 e. The second kappa shape index (κ2) is 6.87. The maximum atomic E-state index is 13.7. The highest BCUT2D eigenvalue weighted by atomic mass is 19.1. The van der Waals surface area contributed by atoms with Gasteiger partial charge in [-0.05, 0) is 25.5 Å². The van der Waals surface area contributed by atoms with Gasteiger partial charge in [0.25, 0.3) is 0 Å². The summed E-state index contributed by atoms with van der Waals surface area (Å²) < 4.78 is 23.5. The van der Waals surface area contributed by atoms with Crippen LogP contribution in [0.4, 0.5) is 4.39 Å². The minimum absolute atomic E-state index is 0.0585. The number of rotatable bonds is 5. The molecule has 104 valence electrons. The predicted octanol–water partition coefficient (Wildman–Crippen LogP) is 3.10. The highest BCUT2D eigenvalue weighted by Gasteiger charge is 2.17. The Morgan fingerprint density at radius 3 is 2.58 bits per heavy atom. The van der Waals surface area contributed by atoms with Crippen molar-refractivity contribution in [3.8, 4) is 5.75 Å². The van der Waals surface area contributed by atoms with E-state index < -0.39 is 17.8 Å². The third-order valence-electron chi connectivity index (χ3n) is 2.43. The van der Waals surface area contributed by atoms with Gasteiger partial charge in [0.05, 0.1) is 11.7 Å². The number of carbonyl (C=O) groups excluding carboxylic acids is 2. The molecule has 0 N–H and O–H groups in total. The van der Waals surface area contributed by atoms with Crippen LogP contribution in [-0.2, 0) is 9.53 Å². The van der Waals surface area contributed by atoms with E-state index in [1.54, 1.807) is 6.92 Å². The van der Waals surface area contributed by atoms with Crippen LogP contribution in [0.1, 0.15) is 44.0 Å². The van der Waals surface area contributed by atoms with Gasteiger partial charge in [0.1, 0.15) is 11.6 Å². The van der Waals surface area contributed by atoms with Gasteiger partial charge in [0.15, 0.2) is 0 Å². The lowest BCUT2D eigenvalue weighted by molar-refractivity contribution is -0.131. The molecule has 1 unspecified atom stereocenters. The van der Waals surface area contributed by atoms with Crippen molar-refractivity contribution in [1.29, 1.82) is 0 Å². The topological polar surface area (TPSA) is 52.6 Å². The number of halogens is 1. The molecule has 0 saturated heterocycles. The molecular weight excluding hydrogens is 251 g/mol. The van der Waals surface area contributed by atoms with Gasteiger partial charge < -0.3 is 9.47 Å². The van der Waals surface area contributed by atoms with Gasteiger partial charge in [-0.1, -0.05) is 13.3 Å². The predicted molar refractivity (Wildman–Crippen MR) is 67.5 cm³/mol. The molecule has 5 heteroatoms. The number of esters is 2. The molecule has 1 aromatic carbocycles. The average Bonchev–Trinajstić information content (AvgIpc) is 2.27. The lowest BCUT2D eigenvalue weighted by Crippen LogP contribution is -2.16. The molecule has 1 atom stereocenters. The third-order valence-corrected chi connectivity index (χ3v) is 2.43. The van der Waals surface area contributed by atoms with E-state index in [2.05, 4.69) is 0 Å². The van der Waals surface area contributed by atoms with Crippen LogP contribution >= 0.6 is 0 Å². The van der Waals surface area contributed by atoms with Gasteiger partial charge in [0, 0.05) is 13.0 Å². The van der Waals surface area contributed by atoms with Crippen molar-refractivity contribution in [2.24, 2.45) is 0 Å². The van der Waals surface area contributed by atoms with E-state index in [4.69, 9.17) is 9.47 Å². The largest absolute Gasteiger partial charge is 0.459 e. The minimum Gasteiger partial charge on any atom is -0.459 e. The lowest BCUT2D eigenvalue weighted by Gasteiger charge is -2.12. The van der Waals surface area contributed by atoms with Crippen LogP contribution in [0.25, 0.3) is 0 Å². The summed E-state index contributed by atoms with van der Waals surface area (Å²) in [5, 5.41) is 0. The van der Waals surface area contributed by atoms with Crippen LogP contribution in [0.15, 0.2) is 18.2 Å². The average molecular weight is 268 g/mol. The summed E-state index contributed by atoms with van der Waals surface area (Å²) in [6.07, 6.45) is 1.34. The molecule has 0 aromatic heterocycles.